The summed E-state index contributed by atoms with van der Waals surface area (Å²) in [5.41, 5.74) is 6.95. The van der Waals surface area contributed by atoms with Gasteiger partial charge in [-0.25, -0.2) is 4.98 Å². The summed E-state index contributed by atoms with van der Waals surface area (Å²) in [6.07, 6.45) is 5.08. The summed E-state index contributed by atoms with van der Waals surface area (Å²) in [4.78, 5) is 8.25. The summed E-state index contributed by atoms with van der Waals surface area (Å²) in [6.45, 7) is -0.142. The van der Waals surface area contributed by atoms with E-state index in [0.29, 0.717) is 11.3 Å². The van der Waals surface area contributed by atoms with Gasteiger partial charge in [-0.3, -0.25) is 9.38 Å². The molecular formula is C8H9BrN4O. The van der Waals surface area contributed by atoms with E-state index >= 15 is 0 Å². The molecule has 0 amide bonds. The molecular weight excluding hydrogens is 248 g/mol. The Morgan fingerprint density at radius 1 is 1.57 bits per heavy atom. The monoisotopic (exact) mass is 256 g/mol. The van der Waals surface area contributed by atoms with Gasteiger partial charge >= 0.3 is 0 Å². The molecule has 74 valence electrons. The molecule has 1 atom stereocenters. The maximum atomic E-state index is 8.94. The van der Waals surface area contributed by atoms with Crippen LogP contribution in [0.3, 0.4) is 0 Å². The maximum Gasteiger partial charge on any atom is 0.161 e. The Labute approximate surface area is 88.7 Å². The Morgan fingerprint density at radius 2 is 2.36 bits per heavy atom. The first-order valence-corrected chi connectivity index (χ1v) is 4.87. The van der Waals surface area contributed by atoms with Crippen molar-refractivity contribution in [2.75, 3.05) is 6.61 Å². The highest BCUT2D eigenvalue weighted by molar-refractivity contribution is 9.10. The van der Waals surface area contributed by atoms with Crippen molar-refractivity contribution in [3.05, 3.63) is 28.9 Å². The predicted octanol–water partition coefficient (Wildman–Crippen LogP) is 0.484. The van der Waals surface area contributed by atoms with Crippen molar-refractivity contribution in [3.8, 4) is 0 Å². The molecule has 2 aromatic rings. The molecule has 1 unspecified atom stereocenters. The van der Waals surface area contributed by atoms with E-state index in [9.17, 15) is 0 Å². The van der Waals surface area contributed by atoms with Gasteiger partial charge in [0.1, 0.15) is 10.3 Å². The SMILES string of the molecule is NC(CO)c1nccn2c(Br)cnc12. The zero-order valence-corrected chi connectivity index (χ0v) is 8.85. The molecule has 0 fully saturated rings. The van der Waals surface area contributed by atoms with Gasteiger partial charge in [0.15, 0.2) is 5.65 Å². The molecule has 0 aliphatic heterocycles. The van der Waals surface area contributed by atoms with E-state index in [2.05, 4.69) is 25.9 Å². The molecule has 6 heteroatoms. The lowest BCUT2D eigenvalue weighted by Crippen LogP contribution is -2.17. The number of nitrogens with zero attached hydrogens (tertiary/aromatic N) is 3. The summed E-state index contributed by atoms with van der Waals surface area (Å²) in [5.74, 6) is 0. The van der Waals surface area contributed by atoms with Gasteiger partial charge in [-0.2, -0.15) is 0 Å². The zero-order valence-electron chi connectivity index (χ0n) is 7.26. The minimum Gasteiger partial charge on any atom is -0.394 e. The van der Waals surface area contributed by atoms with Crippen molar-refractivity contribution in [2.45, 2.75) is 6.04 Å². The minimum atomic E-state index is -0.493. The normalized spacial score (nSPS) is 13.4. The molecule has 0 aliphatic rings. The second kappa shape index (κ2) is 3.64. The van der Waals surface area contributed by atoms with E-state index in [1.165, 1.54) is 0 Å². The molecule has 3 N–H and O–H groups in total. The van der Waals surface area contributed by atoms with E-state index < -0.39 is 6.04 Å². The standard InChI is InChI=1S/C8H9BrN4O/c9-6-3-12-8-7(5(10)4-14)11-1-2-13(6)8/h1-3,5,14H,4,10H2. The topological polar surface area (TPSA) is 76.4 Å². The Kier molecular flexibility index (Phi) is 2.49. The van der Waals surface area contributed by atoms with Gasteiger partial charge in [-0.1, -0.05) is 0 Å². The van der Waals surface area contributed by atoms with E-state index in [4.69, 9.17) is 10.8 Å². The Balaban J connectivity index is 2.65. The lowest BCUT2D eigenvalue weighted by molar-refractivity contribution is 0.266. The predicted molar refractivity (Wildman–Crippen MR) is 54.7 cm³/mol. The fraction of sp³-hybridized carbons (Fsp3) is 0.250. The van der Waals surface area contributed by atoms with Gasteiger partial charge in [-0.05, 0) is 15.9 Å². The molecule has 0 spiro atoms. The average Bonchev–Trinajstić information content (AvgIpc) is 2.59. The summed E-state index contributed by atoms with van der Waals surface area (Å²) in [7, 11) is 0. The lowest BCUT2D eigenvalue weighted by Gasteiger charge is -2.07. The van der Waals surface area contributed by atoms with E-state index in [0.717, 1.165) is 4.60 Å². The molecule has 0 aromatic carbocycles. The number of hydrogen-bond acceptors (Lipinski definition) is 4. The average molecular weight is 257 g/mol. The van der Waals surface area contributed by atoms with E-state index in [-0.39, 0.29) is 6.61 Å². The van der Waals surface area contributed by atoms with Crippen molar-refractivity contribution in [1.29, 1.82) is 0 Å². The number of imidazole rings is 1. The van der Waals surface area contributed by atoms with Crippen LogP contribution in [-0.4, -0.2) is 26.1 Å². The molecule has 2 aromatic heterocycles. The largest absolute Gasteiger partial charge is 0.394 e. The molecule has 5 nitrogen and oxygen atoms in total. The number of rotatable bonds is 2. The number of aliphatic hydroxyl groups excluding tert-OH is 1. The van der Waals surface area contributed by atoms with Gasteiger partial charge < -0.3 is 10.8 Å². The summed E-state index contributed by atoms with van der Waals surface area (Å²) in [6, 6.07) is -0.493. The first-order chi connectivity index (χ1) is 6.74. The molecule has 0 saturated heterocycles. The minimum absolute atomic E-state index is 0.142. The molecule has 2 rings (SSSR count). The molecule has 2 heterocycles. The summed E-state index contributed by atoms with van der Waals surface area (Å²) >= 11 is 3.34. The van der Waals surface area contributed by atoms with Crippen molar-refractivity contribution < 1.29 is 5.11 Å². The summed E-state index contributed by atoms with van der Waals surface area (Å²) < 4.78 is 2.65. The Hall–Kier alpha value is -0.980. The number of nitrogens with two attached hydrogens (primary N) is 1. The van der Waals surface area contributed by atoms with Crippen LogP contribution in [0.25, 0.3) is 5.65 Å². The fourth-order valence-corrected chi connectivity index (χ4v) is 1.65. The van der Waals surface area contributed by atoms with Gasteiger partial charge in [0.05, 0.1) is 18.8 Å². The van der Waals surface area contributed by atoms with Crippen LogP contribution in [-0.2, 0) is 0 Å². The van der Waals surface area contributed by atoms with Gasteiger partial charge in [0.2, 0.25) is 0 Å². The van der Waals surface area contributed by atoms with Crippen LogP contribution in [0, 0.1) is 0 Å². The highest BCUT2D eigenvalue weighted by Gasteiger charge is 2.12. The maximum absolute atomic E-state index is 8.94. The number of aromatic nitrogens is 3. The van der Waals surface area contributed by atoms with Crippen LogP contribution in [0.2, 0.25) is 0 Å². The highest BCUT2D eigenvalue weighted by Crippen LogP contribution is 2.17. The summed E-state index contributed by atoms with van der Waals surface area (Å²) in [5, 5.41) is 8.94. The first-order valence-electron chi connectivity index (χ1n) is 4.08. The fourth-order valence-electron chi connectivity index (χ4n) is 1.26. The third kappa shape index (κ3) is 1.41. The number of hydrogen-bond donors (Lipinski definition) is 2. The van der Waals surface area contributed by atoms with Crippen LogP contribution in [0.15, 0.2) is 23.2 Å². The number of fused-ring (bicyclic) bond motifs is 1. The third-order valence-electron chi connectivity index (χ3n) is 1.96. The van der Waals surface area contributed by atoms with Crippen LogP contribution < -0.4 is 5.73 Å². The highest BCUT2D eigenvalue weighted by atomic mass is 79.9. The molecule has 0 radical (unpaired) electrons. The molecule has 14 heavy (non-hydrogen) atoms. The number of aliphatic hydroxyl groups is 1. The lowest BCUT2D eigenvalue weighted by atomic mass is 10.2. The smallest absolute Gasteiger partial charge is 0.161 e. The quantitative estimate of drug-likeness (QED) is 0.820. The zero-order chi connectivity index (χ0) is 10.1. The van der Waals surface area contributed by atoms with Crippen molar-refractivity contribution >= 4 is 21.6 Å². The number of halogens is 1. The van der Waals surface area contributed by atoms with Crippen LogP contribution in [0.5, 0.6) is 0 Å². The second-order valence-electron chi connectivity index (χ2n) is 2.88. The van der Waals surface area contributed by atoms with Gasteiger partial charge in [0, 0.05) is 12.4 Å². The van der Waals surface area contributed by atoms with Crippen molar-refractivity contribution in [1.82, 2.24) is 14.4 Å². The Bertz CT molecular complexity index is 456. The Morgan fingerprint density at radius 3 is 3.07 bits per heavy atom. The van der Waals surface area contributed by atoms with Crippen LogP contribution in [0.1, 0.15) is 11.7 Å². The first kappa shape index (κ1) is 9.57. The van der Waals surface area contributed by atoms with E-state index in [1.807, 2.05) is 4.40 Å². The van der Waals surface area contributed by atoms with Crippen LogP contribution in [0.4, 0.5) is 0 Å². The van der Waals surface area contributed by atoms with E-state index in [1.54, 1.807) is 18.6 Å². The van der Waals surface area contributed by atoms with Gasteiger partial charge in [0.25, 0.3) is 0 Å². The van der Waals surface area contributed by atoms with Crippen molar-refractivity contribution in [3.63, 3.8) is 0 Å². The second-order valence-corrected chi connectivity index (χ2v) is 3.69. The third-order valence-corrected chi connectivity index (χ3v) is 2.54. The van der Waals surface area contributed by atoms with Crippen molar-refractivity contribution in [2.24, 2.45) is 5.73 Å². The molecule has 0 aliphatic carbocycles. The van der Waals surface area contributed by atoms with Crippen LogP contribution >= 0.6 is 15.9 Å². The molecule has 0 bridgehead atoms. The van der Waals surface area contributed by atoms with Gasteiger partial charge in [-0.15, -0.1) is 0 Å². The molecule has 0 saturated carbocycles.